The van der Waals surface area contributed by atoms with Crippen LogP contribution >= 0.6 is 15.9 Å². The molecule has 0 spiro atoms. The lowest BCUT2D eigenvalue weighted by molar-refractivity contribution is -0.915. The number of nitrogens with one attached hydrogen (secondary N) is 2. The standard InChI is InChI=1S/C14H16BrN3O/c15-13-5-4-12(19-13)11-17-7-9-18(10-8-17)14-3-1-2-6-16-14/h1-6H,7-11H2/p+2. The van der Waals surface area contributed by atoms with E-state index in [9.17, 15) is 0 Å². The smallest absolute Gasteiger partial charge is 0.274 e. The van der Waals surface area contributed by atoms with Gasteiger partial charge in [-0.25, -0.2) is 4.98 Å². The number of aromatic nitrogens is 1. The minimum absolute atomic E-state index is 0.819. The SMILES string of the molecule is Brc1ccc(C[NH+]2CCN(c3cccc[nH+]3)CC2)o1. The Hall–Kier alpha value is -1.33. The molecule has 1 fully saturated rings. The fraction of sp³-hybridized carbons (Fsp3) is 0.357. The number of hydrogen-bond donors (Lipinski definition) is 1. The molecule has 2 aromatic heterocycles. The zero-order valence-electron chi connectivity index (χ0n) is 10.7. The van der Waals surface area contributed by atoms with Crippen LogP contribution in [0.25, 0.3) is 0 Å². The molecule has 1 aliphatic heterocycles. The number of halogens is 1. The molecule has 2 N–H and O–H groups in total. The Morgan fingerprint density at radius 1 is 1.21 bits per heavy atom. The molecule has 19 heavy (non-hydrogen) atoms. The summed E-state index contributed by atoms with van der Waals surface area (Å²) in [5.41, 5.74) is 0. The summed E-state index contributed by atoms with van der Waals surface area (Å²) in [4.78, 5) is 7.28. The molecule has 5 heteroatoms. The van der Waals surface area contributed by atoms with Gasteiger partial charge < -0.3 is 9.32 Å². The fourth-order valence-corrected chi connectivity index (χ4v) is 2.85. The molecular formula is C14H18BrN3O+2. The Bertz CT molecular complexity index is 520. The second-order valence-electron chi connectivity index (χ2n) is 4.87. The maximum atomic E-state index is 5.57. The minimum Gasteiger partial charge on any atom is -0.448 e. The average molecular weight is 324 g/mol. The summed E-state index contributed by atoms with van der Waals surface area (Å²) in [7, 11) is 0. The first-order valence-corrected chi connectivity index (χ1v) is 7.40. The summed E-state index contributed by atoms with van der Waals surface area (Å²) in [5.74, 6) is 2.27. The van der Waals surface area contributed by atoms with Crippen LogP contribution in [0.4, 0.5) is 5.82 Å². The van der Waals surface area contributed by atoms with Crippen LogP contribution in [0.1, 0.15) is 5.76 Å². The summed E-state index contributed by atoms with van der Waals surface area (Å²) in [5, 5.41) is 0. The lowest BCUT2D eigenvalue weighted by atomic mass is 10.3. The molecule has 0 unspecified atom stereocenters. The molecule has 100 valence electrons. The van der Waals surface area contributed by atoms with Gasteiger partial charge in [-0.3, -0.25) is 4.90 Å². The van der Waals surface area contributed by atoms with E-state index in [-0.39, 0.29) is 0 Å². The van der Waals surface area contributed by atoms with E-state index in [1.165, 1.54) is 5.82 Å². The van der Waals surface area contributed by atoms with Crippen molar-refractivity contribution in [3.05, 3.63) is 47.0 Å². The predicted octanol–water partition coefficient (Wildman–Crippen LogP) is 0.761. The summed E-state index contributed by atoms with van der Waals surface area (Å²) >= 11 is 3.35. The molecule has 0 aromatic carbocycles. The highest BCUT2D eigenvalue weighted by molar-refractivity contribution is 9.10. The zero-order valence-corrected chi connectivity index (χ0v) is 12.3. The van der Waals surface area contributed by atoms with E-state index in [4.69, 9.17) is 4.42 Å². The highest BCUT2D eigenvalue weighted by Gasteiger charge is 2.26. The van der Waals surface area contributed by atoms with Crippen molar-refractivity contribution in [3.63, 3.8) is 0 Å². The number of piperazine rings is 1. The third-order valence-electron chi connectivity index (χ3n) is 3.56. The second kappa shape index (κ2) is 5.75. The average Bonchev–Trinajstić information content (AvgIpc) is 2.86. The lowest BCUT2D eigenvalue weighted by Gasteiger charge is -2.27. The molecule has 3 heterocycles. The molecule has 2 aromatic rings. The van der Waals surface area contributed by atoms with Crippen LogP contribution in [0, 0.1) is 0 Å². The van der Waals surface area contributed by atoms with Gasteiger partial charge in [-0.2, -0.15) is 0 Å². The van der Waals surface area contributed by atoms with Gasteiger partial charge in [0, 0.05) is 6.07 Å². The number of pyridine rings is 1. The normalized spacial score (nSPS) is 16.8. The van der Waals surface area contributed by atoms with E-state index in [2.05, 4.69) is 44.0 Å². The van der Waals surface area contributed by atoms with Crippen LogP contribution in [0.5, 0.6) is 0 Å². The van der Waals surface area contributed by atoms with Crippen LogP contribution in [0.3, 0.4) is 0 Å². The molecule has 0 saturated carbocycles. The quantitative estimate of drug-likeness (QED) is 0.905. The van der Waals surface area contributed by atoms with E-state index in [1.54, 1.807) is 4.90 Å². The second-order valence-corrected chi connectivity index (χ2v) is 5.65. The number of hydrogen-bond acceptors (Lipinski definition) is 2. The van der Waals surface area contributed by atoms with Gasteiger partial charge in [-0.1, -0.05) is 6.07 Å². The number of anilines is 1. The third kappa shape index (κ3) is 3.16. The van der Waals surface area contributed by atoms with Gasteiger partial charge in [0.25, 0.3) is 5.82 Å². The van der Waals surface area contributed by atoms with Crippen molar-refractivity contribution >= 4 is 21.7 Å². The monoisotopic (exact) mass is 323 g/mol. The lowest BCUT2D eigenvalue weighted by Crippen LogP contribution is -3.13. The molecule has 0 amide bonds. The number of nitrogens with zero attached hydrogens (tertiary/aromatic N) is 1. The van der Waals surface area contributed by atoms with E-state index < -0.39 is 0 Å². The van der Waals surface area contributed by atoms with E-state index in [0.29, 0.717) is 0 Å². The largest absolute Gasteiger partial charge is 0.448 e. The third-order valence-corrected chi connectivity index (χ3v) is 3.98. The van der Waals surface area contributed by atoms with Gasteiger partial charge in [0.05, 0.1) is 6.20 Å². The first-order valence-electron chi connectivity index (χ1n) is 6.61. The molecular weight excluding hydrogens is 306 g/mol. The molecule has 4 nitrogen and oxygen atoms in total. The van der Waals surface area contributed by atoms with Gasteiger partial charge in [0.2, 0.25) is 0 Å². The maximum Gasteiger partial charge on any atom is 0.274 e. The minimum atomic E-state index is 0.819. The van der Waals surface area contributed by atoms with Crippen molar-refractivity contribution in [2.24, 2.45) is 0 Å². The summed E-state index contributed by atoms with van der Waals surface area (Å²) < 4.78 is 6.39. The number of rotatable bonds is 3. The number of H-pyrrole nitrogens is 1. The summed E-state index contributed by atoms with van der Waals surface area (Å²) in [6.07, 6.45) is 1.98. The van der Waals surface area contributed by atoms with Crippen molar-refractivity contribution in [1.29, 1.82) is 0 Å². The highest BCUT2D eigenvalue weighted by atomic mass is 79.9. The van der Waals surface area contributed by atoms with E-state index in [0.717, 1.165) is 43.2 Å². The van der Waals surface area contributed by atoms with Crippen molar-refractivity contribution in [2.45, 2.75) is 6.54 Å². The van der Waals surface area contributed by atoms with Crippen LogP contribution in [-0.2, 0) is 6.54 Å². The molecule has 1 saturated heterocycles. The molecule has 0 bridgehead atoms. The Balaban J connectivity index is 1.55. The molecule has 1 aliphatic rings. The van der Waals surface area contributed by atoms with E-state index >= 15 is 0 Å². The number of furan rings is 1. The Labute approximate surface area is 121 Å². The molecule has 0 aliphatic carbocycles. The van der Waals surface area contributed by atoms with Crippen molar-refractivity contribution in [2.75, 3.05) is 31.1 Å². The van der Waals surface area contributed by atoms with Gasteiger partial charge >= 0.3 is 0 Å². The zero-order chi connectivity index (χ0) is 13.1. The Morgan fingerprint density at radius 3 is 2.68 bits per heavy atom. The predicted molar refractivity (Wildman–Crippen MR) is 76.0 cm³/mol. The molecule has 0 radical (unpaired) electrons. The topological polar surface area (TPSA) is 35.0 Å². The fourth-order valence-electron chi connectivity index (χ4n) is 2.51. The van der Waals surface area contributed by atoms with Crippen LogP contribution in [0.15, 0.2) is 45.6 Å². The highest BCUT2D eigenvalue weighted by Crippen LogP contribution is 2.13. The van der Waals surface area contributed by atoms with Gasteiger partial charge in [0.1, 0.15) is 32.7 Å². The number of quaternary nitrogens is 1. The Morgan fingerprint density at radius 2 is 2.05 bits per heavy atom. The summed E-state index contributed by atoms with van der Waals surface area (Å²) in [6.45, 7) is 5.41. The van der Waals surface area contributed by atoms with Crippen molar-refractivity contribution < 1.29 is 14.3 Å². The maximum absolute atomic E-state index is 5.57. The van der Waals surface area contributed by atoms with Crippen molar-refractivity contribution in [1.82, 2.24) is 0 Å². The van der Waals surface area contributed by atoms with Crippen LogP contribution in [0.2, 0.25) is 0 Å². The first kappa shape index (κ1) is 12.7. The Kier molecular flexibility index (Phi) is 3.84. The summed E-state index contributed by atoms with van der Waals surface area (Å²) in [6, 6.07) is 10.2. The van der Waals surface area contributed by atoms with Gasteiger partial charge in [0.15, 0.2) is 10.4 Å². The van der Waals surface area contributed by atoms with Gasteiger partial charge in [-0.05, 0) is 34.1 Å². The molecule has 3 rings (SSSR count). The van der Waals surface area contributed by atoms with Crippen LogP contribution in [-0.4, -0.2) is 26.2 Å². The van der Waals surface area contributed by atoms with Crippen LogP contribution < -0.4 is 14.8 Å². The van der Waals surface area contributed by atoms with Crippen molar-refractivity contribution in [3.8, 4) is 0 Å². The first-order chi connectivity index (χ1) is 9.31. The number of aromatic amines is 1. The van der Waals surface area contributed by atoms with Gasteiger partial charge in [-0.15, -0.1) is 0 Å². The van der Waals surface area contributed by atoms with E-state index in [1.807, 2.05) is 18.3 Å². The molecule has 0 atom stereocenters.